The smallest absolute Gasteiger partial charge is 0.211 e. The van der Waals surface area contributed by atoms with Crippen molar-refractivity contribution in [3.63, 3.8) is 0 Å². The molecule has 0 saturated carbocycles. The van der Waals surface area contributed by atoms with E-state index in [0.29, 0.717) is 6.61 Å². The molecule has 0 bridgehead atoms. The van der Waals surface area contributed by atoms with Crippen LogP contribution in [0.2, 0.25) is 0 Å². The van der Waals surface area contributed by atoms with Crippen LogP contribution in [0, 0.1) is 11.6 Å². The van der Waals surface area contributed by atoms with Crippen molar-refractivity contribution >= 4 is 12.2 Å². The Hall–Kier alpha value is -2.18. The van der Waals surface area contributed by atoms with E-state index in [2.05, 4.69) is 10.2 Å². The zero-order valence-corrected chi connectivity index (χ0v) is 10.6. The van der Waals surface area contributed by atoms with Crippen LogP contribution in [0.15, 0.2) is 22.3 Å². The quantitative estimate of drug-likeness (QED) is 0.357. The largest absolute Gasteiger partial charge is 0.493 e. The topological polar surface area (TPSA) is 86.0 Å². The van der Waals surface area contributed by atoms with Crippen molar-refractivity contribution in [1.29, 1.82) is 0 Å². The van der Waals surface area contributed by atoms with Gasteiger partial charge in [0.2, 0.25) is 5.96 Å². The van der Waals surface area contributed by atoms with E-state index in [-0.39, 0.29) is 17.3 Å². The number of ether oxygens (including phenoxy) is 1. The van der Waals surface area contributed by atoms with Gasteiger partial charge in [0.15, 0.2) is 0 Å². The third kappa shape index (κ3) is 4.90. The van der Waals surface area contributed by atoms with Gasteiger partial charge in [-0.25, -0.2) is 8.78 Å². The second kappa shape index (κ2) is 7.30. The van der Waals surface area contributed by atoms with E-state index >= 15 is 0 Å². The first-order valence-electron chi connectivity index (χ1n) is 5.78. The molecule has 0 aromatic heterocycles. The molecule has 0 aliphatic carbocycles. The third-order valence-corrected chi connectivity index (χ3v) is 2.18. The van der Waals surface area contributed by atoms with Crippen LogP contribution in [0.3, 0.4) is 0 Å². The number of nitrogens with two attached hydrogens (primary N) is 2. The summed E-state index contributed by atoms with van der Waals surface area (Å²) < 4.78 is 32.5. The maximum Gasteiger partial charge on any atom is 0.211 e. The van der Waals surface area contributed by atoms with E-state index in [0.717, 1.165) is 31.2 Å². The summed E-state index contributed by atoms with van der Waals surface area (Å²) in [6.07, 6.45) is 2.66. The molecule has 0 radical (unpaired) electrons. The zero-order valence-electron chi connectivity index (χ0n) is 10.6. The number of guanidine groups is 1. The van der Waals surface area contributed by atoms with Crippen molar-refractivity contribution in [2.24, 2.45) is 21.7 Å². The fourth-order valence-corrected chi connectivity index (χ4v) is 1.26. The fraction of sp³-hybridized carbons (Fsp3) is 0.333. The van der Waals surface area contributed by atoms with Crippen molar-refractivity contribution in [2.75, 3.05) is 6.61 Å². The van der Waals surface area contributed by atoms with E-state index in [1.165, 1.54) is 0 Å². The summed E-state index contributed by atoms with van der Waals surface area (Å²) in [4.78, 5) is 0. The number of halogens is 2. The lowest BCUT2D eigenvalue weighted by Crippen LogP contribution is -2.21. The van der Waals surface area contributed by atoms with E-state index in [9.17, 15) is 8.78 Å². The van der Waals surface area contributed by atoms with Gasteiger partial charge in [-0.15, -0.1) is 5.10 Å². The molecular weight excluding hydrogens is 254 g/mol. The lowest BCUT2D eigenvalue weighted by atomic mass is 10.2. The predicted molar refractivity (Wildman–Crippen MR) is 70.2 cm³/mol. The summed E-state index contributed by atoms with van der Waals surface area (Å²) >= 11 is 0. The Labute approximate surface area is 110 Å². The average Bonchev–Trinajstić information content (AvgIpc) is 2.32. The monoisotopic (exact) mass is 270 g/mol. The number of benzene rings is 1. The number of rotatable bonds is 6. The Morgan fingerprint density at radius 1 is 1.32 bits per heavy atom. The molecule has 0 amide bonds. The van der Waals surface area contributed by atoms with Gasteiger partial charge in [-0.2, -0.15) is 5.10 Å². The van der Waals surface area contributed by atoms with Gasteiger partial charge < -0.3 is 16.2 Å². The van der Waals surface area contributed by atoms with Crippen LogP contribution in [-0.4, -0.2) is 18.8 Å². The molecule has 1 aromatic carbocycles. The molecule has 0 aliphatic heterocycles. The summed E-state index contributed by atoms with van der Waals surface area (Å²) in [7, 11) is 0. The number of hydrogen-bond donors (Lipinski definition) is 2. The highest BCUT2D eigenvalue weighted by atomic mass is 19.1. The Morgan fingerprint density at radius 3 is 2.47 bits per heavy atom. The minimum Gasteiger partial charge on any atom is -0.493 e. The second-order valence-electron chi connectivity index (χ2n) is 3.77. The van der Waals surface area contributed by atoms with E-state index in [1.54, 1.807) is 0 Å². The molecule has 7 heteroatoms. The van der Waals surface area contributed by atoms with Crippen LogP contribution in [-0.2, 0) is 0 Å². The maximum absolute atomic E-state index is 13.6. The highest BCUT2D eigenvalue weighted by molar-refractivity contribution is 5.82. The van der Waals surface area contributed by atoms with Gasteiger partial charge >= 0.3 is 0 Å². The number of hydrogen-bond acceptors (Lipinski definition) is 3. The first-order valence-corrected chi connectivity index (χ1v) is 5.78. The van der Waals surface area contributed by atoms with Crippen molar-refractivity contribution in [1.82, 2.24) is 0 Å². The van der Waals surface area contributed by atoms with Gasteiger partial charge in [-0.3, -0.25) is 0 Å². The Balaban J connectivity index is 2.85. The molecular formula is C12H16F2N4O. The molecule has 0 unspecified atom stereocenters. The van der Waals surface area contributed by atoms with E-state index in [1.807, 2.05) is 6.92 Å². The van der Waals surface area contributed by atoms with E-state index in [4.69, 9.17) is 16.2 Å². The molecule has 1 aromatic rings. The first kappa shape index (κ1) is 14.9. The summed E-state index contributed by atoms with van der Waals surface area (Å²) in [5, 5.41) is 6.62. The minimum absolute atomic E-state index is 0.141. The molecule has 0 atom stereocenters. The number of unbranched alkanes of at least 4 members (excludes halogenated alkanes) is 1. The van der Waals surface area contributed by atoms with Gasteiger partial charge in [-0.05, 0) is 6.42 Å². The zero-order chi connectivity index (χ0) is 14.3. The lowest BCUT2D eigenvalue weighted by molar-refractivity contribution is 0.306. The first-order chi connectivity index (χ1) is 9.04. The Kier molecular flexibility index (Phi) is 5.72. The number of nitrogens with zero attached hydrogens (tertiary/aromatic N) is 2. The lowest BCUT2D eigenvalue weighted by Gasteiger charge is -2.07. The Morgan fingerprint density at radius 2 is 1.95 bits per heavy atom. The molecule has 0 aliphatic rings. The molecule has 104 valence electrons. The maximum atomic E-state index is 13.6. The predicted octanol–water partition coefficient (Wildman–Crippen LogP) is 1.75. The average molecular weight is 270 g/mol. The van der Waals surface area contributed by atoms with Gasteiger partial charge in [0.1, 0.15) is 17.4 Å². The normalized spacial score (nSPS) is 10.7. The Bertz CT molecular complexity index is 462. The van der Waals surface area contributed by atoms with Gasteiger partial charge in [0.25, 0.3) is 0 Å². The van der Waals surface area contributed by atoms with Gasteiger partial charge in [0, 0.05) is 12.1 Å². The van der Waals surface area contributed by atoms with Gasteiger partial charge in [0.05, 0.1) is 18.4 Å². The highest BCUT2D eigenvalue weighted by Gasteiger charge is 2.10. The van der Waals surface area contributed by atoms with Crippen LogP contribution in [0.1, 0.15) is 25.3 Å². The molecule has 4 N–H and O–H groups in total. The standard InChI is InChI=1S/C12H16F2N4O/c1-2-3-4-19-8-5-10(13)9(11(14)6-8)7-17-18-12(15)16/h5-7H,2-4H2,1H3,(H4,15,16,18). The molecule has 0 spiro atoms. The van der Waals surface area contributed by atoms with Crippen LogP contribution >= 0.6 is 0 Å². The minimum atomic E-state index is -0.791. The van der Waals surface area contributed by atoms with Crippen LogP contribution in [0.4, 0.5) is 8.78 Å². The summed E-state index contributed by atoms with van der Waals surface area (Å²) in [6, 6.07) is 2.19. The molecule has 1 rings (SSSR count). The van der Waals surface area contributed by atoms with Crippen molar-refractivity contribution in [3.05, 3.63) is 29.3 Å². The molecule has 5 nitrogen and oxygen atoms in total. The molecule has 0 fully saturated rings. The molecule has 0 heterocycles. The summed E-state index contributed by atoms with van der Waals surface area (Å²) in [5.74, 6) is -1.74. The van der Waals surface area contributed by atoms with Gasteiger partial charge in [-0.1, -0.05) is 13.3 Å². The van der Waals surface area contributed by atoms with Crippen LogP contribution in [0.5, 0.6) is 5.75 Å². The highest BCUT2D eigenvalue weighted by Crippen LogP contribution is 2.19. The molecule has 19 heavy (non-hydrogen) atoms. The van der Waals surface area contributed by atoms with Crippen molar-refractivity contribution in [3.8, 4) is 5.75 Å². The fourth-order valence-electron chi connectivity index (χ4n) is 1.26. The summed E-state index contributed by atoms with van der Waals surface area (Å²) in [6.45, 7) is 2.41. The van der Waals surface area contributed by atoms with Crippen molar-refractivity contribution in [2.45, 2.75) is 19.8 Å². The second-order valence-corrected chi connectivity index (χ2v) is 3.77. The summed E-state index contributed by atoms with van der Waals surface area (Å²) in [5.41, 5.74) is 9.74. The van der Waals surface area contributed by atoms with Crippen LogP contribution in [0.25, 0.3) is 0 Å². The van der Waals surface area contributed by atoms with Crippen LogP contribution < -0.4 is 16.2 Å². The third-order valence-electron chi connectivity index (χ3n) is 2.18. The molecule has 0 saturated heterocycles. The SMILES string of the molecule is CCCCOc1cc(F)c(C=NN=C(N)N)c(F)c1. The van der Waals surface area contributed by atoms with E-state index < -0.39 is 11.6 Å². The van der Waals surface area contributed by atoms with Crippen molar-refractivity contribution < 1.29 is 13.5 Å².